The SMILES string of the molecule is O=c1[nH]c2ccc(C(Cl)Cc3ccccc3)cc2[nH]c1=O. The van der Waals surface area contributed by atoms with Gasteiger partial charge in [0.05, 0.1) is 16.4 Å². The van der Waals surface area contributed by atoms with Gasteiger partial charge in [0, 0.05) is 0 Å². The number of alkyl halides is 1. The van der Waals surface area contributed by atoms with Gasteiger partial charge >= 0.3 is 11.1 Å². The summed E-state index contributed by atoms with van der Waals surface area (Å²) in [6.45, 7) is 0. The molecule has 2 N–H and O–H groups in total. The van der Waals surface area contributed by atoms with Gasteiger partial charge in [-0.3, -0.25) is 9.59 Å². The van der Waals surface area contributed by atoms with E-state index in [9.17, 15) is 9.59 Å². The molecule has 3 rings (SSSR count). The summed E-state index contributed by atoms with van der Waals surface area (Å²) in [4.78, 5) is 27.7. The average Bonchev–Trinajstić information content (AvgIpc) is 2.49. The summed E-state index contributed by atoms with van der Waals surface area (Å²) < 4.78 is 0. The molecule has 1 atom stereocenters. The highest BCUT2D eigenvalue weighted by Gasteiger charge is 2.10. The minimum absolute atomic E-state index is 0.202. The van der Waals surface area contributed by atoms with E-state index in [0.717, 1.165) is 11.1 Å². The van der Waals surface area contributed by atoms with Crippen LogP contribution in [-0.2, 0) is 6.42 Å². The summed E-state index contributed by atoms with van der Waals surface area (Å²) in [6.07, 6.45) is 0.696. The number of halogens is 1. The summed E-state index contributed by atoms with van der Waals surface area (Å²) in [7, 11) is 0. The molecule has 0 aliphatic carbocycles. The quantitative estimate of drug-likeness (QED) is 0.577. The van der Waals surface area contributed by atoms with E-state index in [1.165, 1.54) is 0 Å². The van der Waals surface area contributed by atoms with Crippen LogP contribution in [-0.4, -0.2) is 9.97 Å². The highest BCUT2D eigenvalue weighted by molar-refractivity contribution is 6.21. The summed E-state index contributed by atoms with van der Waals surface area (Å²) in [5.41, 5.74) is 1.90. The van der Waals surface area contributed by atoms with Crippen molar-refractivity contribution in [1.29, 1.82) is 0 Å². The second-order valence-electron chi connectivity index (χ2n) is 4.87. The van der Waals surface area contributed by atoms with Gasteiger partial charge in [-0.05, 0) is 29.7 Å². The molecule has 0 radical (unpaired) electrons. The first-order valence-corrected chi connectivity index (χ1v) is 7.01. The molecule has 21 heavy (non-hydrogen) atoms. The van der Waals surface area contributed by atoms with Crippen LogP contribution in [0.5, 0.6) is 0 Å². The van der Waals surface area contributed by atoms with Crippen LogP contribution in [0, 0.1) is 0 Å². The van der Waals surface area contributed by atoms with Crippen LogP contribution in [0.2, 0.25) is 0 Å². The molecule has 0 aliphatic rings. The molecule has 4 nitrogen and oxygen atoms in total. The molecule has 2 aromatic carbocycles. The second-order valence-corrected chi connectivity index (χ2v) is 5.40. The lowest BCUT2D eigenvalue weighted by Gasteiger charge is -2.10. The Bertz CT molecular complexity index is 884. The Labute approximate surface area is 125 Å². The van der Waals surface area contributed by atoms with Gasteiger partial charge in [0.15, 0.2) is 0 Å². The Kier molecular flexibility index (Phi) is 3.62. The molecule has 1 aromatic heterocycles. The third kappa shape index (κ3) is 2.90. The maximum Gasteiger partial charge on any atom is 0.314 e. The molecule has 0 amide bonds. The van der Waals surface area contributed by atoms with E-state index >= 15 is 0 Å². The Balaban J connectivity index is 1.95. The van der Waals surface area contributed by atoms with Crippen molar-refractivity contribution < 1.29 is 0 Å². The number of nitrogens with one attached hydrogen (secondary N) is 2. The van der Waals surface area contributed by atoms with Crippen molar-refractivity contribution in [2.45, 2.75) is 11.8 Å². The Morgan fingerprint density at radius 2 is 1.57 bits per heavy atom. The highest BCUT2D eigenvalue weighted by Crippen LogP contribution is 2.26. The maximum absolute atomic E-state index is 11.4. The van der Waals surface area contributed by atoms with Gasteiger partial charge in [-0.1, -0.05) is 36.4 Å². The number of aromatic nitrogens is 2. The molecule has 5 heteroatoms. The van der Waals surface area contributed by atoms with E-state index in [1.807, 2.05) is 36.4 Å². The van der Waals surface area contributed by atoms with Crippen LogP contribution < -0.4 is 11.1 Å². The molecule has 0 bridgehead atoms. The number of hydrogen-bond donors (Lipinski definition) is 2. The molecule has 1 unspecified atom stereocenters. The summed E-state index contributed by atoms with van der Waals surface area (Å²) in [6, 6.07) is 15.4. The monoisotopic (exact) mass is 300 g/mol. The van der Waals surface area contributed by atoms with Gasteiger partial charge < -0.3 is 9.97 Å². The number of rotatable bonds is 3. The van der Waals surface area contributed by atoms with Gasteiger partial charge in [0.2, 0.25) is 0 Å². The first-order chi connectivity index (χ1) is 10.1. The lowest BCUT2D eigenvalue weighted by atomic mass is 10.0. The molecule has 0 fully saturated rings. The minimum atomic E-state index is -0.658. The maximum atomic E-state index is 11.4. The normalized spacial score (nSPS) is 12.4. The Morgan fingerprint density at radius 1 is 0.905 bits per heavy atom. The van der Waals surface area contributed by atoms with Crippen molar-refractivity contribution in [2.24, 2.45) is 0 Å². The van der Waals surface area contributed by atoms with E-state index in [-0.39, 0.29) is 5.38 Å². The zero-order valence-corrected chi connectivity index (χ0v) is 11.9. The van der Waals surface area contributed by atoms with Crippen LogP contribution in [0.1, 0.15) is 16.5 Å². The van der Waals surface area contributed by atoms with Crippen molar-refractivity contribution >= 4 is 22.6 Å². The number of fused-ring (bicyclic) bond motifs is 1. The van der Waals surface area contributed by atoms with Gasteiger partial charge in [0.1, 0.15) is 0 Å². The second kappa shape index (κ2) is 5.58. The molecular weight excluding hydrogens is 288 g/mol. The first kappa shape index (κ1) is 13.6. The molecule has 3 aromatic rings. The van der Waals surface area contributed by atoms with Crippen molar-refractivity contribution in [3.8, 4) is 0 Å². The average molecular weight is 301 g/mol. The molecule has 0 saturated heterocycles. The topological polar surface area (TPSA) is 65.7 Å². The molecule has 0 spiro atoms. The standard InChI is InChI=1S/C16H13ClN2O2/c17-12(8-10-4-2-1-3-5-10)11-6-7-13-14(9-11)19-16(21)15(20)18-13/h1-7,9,12H,8H2,(H,18,20)(H,19,21). The summed E-state index contributed by atoms with van der Waals surface area (Å²) in [5, 5.41) is -0.202. The van der Waals surface area contributed by atoms with E-state index < -0.39 is 11.1 Å². The first-order valence-electron chi connectivity index (χ1n) is 6.58. The molecule has 0 saturated carbocycles. The Morgan fingerprint density at radius 3 is 2.29 bits per heavy atom. The van der Waals surface area contributed by atoms with Crippen molar-refractivity contribution in [1.82, 2.24) is 9.97 Å². The van der Waals surface area contributed by atoms with Crippen LogP contribution >= 0.6 is 11.6 Å². The van der Waals surface area contributed by atoms with Crippen molar-refractivity contribution in [3.63, 3.8) is 0 Å². The van der Waals surface area contributed by atoms with E-state index in [0.29, 0.717) is 17.5 Å². The minimum Gasteiger partial charge on any atom is -0.316 e. The van der Waals surface area contributed by atoms with E-state index in [2.05, 4.69) is 9.97 Å². The lowest BCUT2D eigenvalue weighted by Crippen LogP contribution is -2.28. The van der Waals surface area contributed by atoms with Gasteiger partial charge in [-0.15, -0.1) is 11.6 Å². The van der Waals surface area contributed by atoms with Gasteiger partial charge in [-0.2, -0.15) is 0 Å². The summed E-state index contributed by atoms with van der Waals surface area (Å²) in [5.74, 6) is 0. The molecule has 1 heterocycles. The Hall–Kier alpha value is -2.33. The fraction of sp³-hybridized carbons (Fsp3) is 0.125. The van der Waals surface area contributed by atoms with E-state index in [4.69, 9.17) is 11.6 Å². The van der Waals surface area contributed by atoms with Crippen LogP contribution in [0.15, 0.2) is 58.1 Å². The lowest BCUT2D eigenvalue weighted by molar-refractivity contribution is 0.920. The van der Waals surface area contributed by atoms with E-state index in [1.54, 1.807) is 12.1 Å². The van der Waals surface area contributed by atoms with Crippen LogP contribution in [0.4, 0.5) is 0 Å². The fourth-order valence-electron chi connectivity index (χ4n) is 2.27. The van der Waals surface area contributed by atoms with Crippen molar-refractivity contribution in [3.05, 3.63) is 80.4 Å². The number of H-pyrrole nitrogens is 2. The summed E-state index contributed by atoms with van der Waals surface area (Å²) >= 11 is 6.45. The zero-order chi connectivity index (χ0) is 14.8. The third-order valence-electron chi connectivity index (χ3n) is 3.37. The predicted octanol–water partition coefficient (Wildman–Crippen LogP) is 2.74. The molecular formula is C16H13ClN2O2. The van der Waals surface area contributed by atoms with Crippen molar-refractivity contribution in [2.75, 3.05) is 0 Å². The number of benzene rings is 2. The number of hydrogen-bond acceptors (Lipinski definition) is 2. The highest BCUT2D eigenvalue weighted by atomic mass is 35.5. The molecule has 0 aliphatic heterocycles. The fourth-order valence-corrected chi connectivity index (χ4v) is 2.58. The number of aromatic amines is 2. The van der Waals surface area contributed by atoms with Gasteiger partial charge in [-0.25, -0.2) is 0 Å². The van der Waals surface area contributed by atoms with Gasteiger partial charge in [0.25, 0.3) is 0 Å². The zero-order valence-electron chi connectivity index (χ0n) is 11.1. The van der Waals surface area contributed by atoms with Crippen LogP contribution in [0.3, 0.4) is 0 Å². The smallest absolute Gasteiger partial charge is 0.314 e. The molecule has 106 valence electrons. The van der Waals surface area contributed by atoms with Crippen LogP contribution in [0.25, 0.3) is 11.0 Å². The third-order valence-corrected chi connectivity index (χ3v) is 3.77. The predicted molar refractivity (Wildman–Crippen MR) is 83.9 cm³/mol. The largest absolute Gasteiger partial charge is 0.316 e.